The summed E-state index contributed by atoms with van der Waals surface area (Å²) in [5, 5.41) is 11.2. The average molecular weight is 259 g/mol. The number of hydrogen-bond donors (Lipinski definition) is 3. The van der Waals surface area contributed by atoms with Gasteiger partial charge in [-0.25, -0.2) is 4.79 Å². The lowest BCUT2D eigenvalue weighted by Crippen LogP contribution is -2.48. The van der Waals surface area contributed by atoms with Crippen LogP contribution in [0.25, 0.3) is 0 Å². The fourth-order valence-corrected chi connectivity index (χ4v) is 1.10. The van der Waals surface area contributed by atoms with Gasteiger partial charge in [0, 0.05) is 6.54 Å². The molecule has 0 aliphatic carbocycles. The molecule has 0 spiro atoms. The third-order valence-electron chi connectivity index (χ3n) is 2.64. The Morgan fingerprint density at radius 3 is 2.22 bits per heavy atom. The van der Waals surface area contributed by atoms with Crippen LogP contribution in [0.3, 0.4) is 0 Å². The van der Waals surface area contributed by atoms with Crippen molar-refractivity contribution in [2.75, 3.05) is 19.6 Å². The van der Waals surface area contributed by atoms with Gasteiger partial charge >= 0.3 is 12.0 Å². The topological polar surface area (TPSA) is 113 Å². The predicted octanol–water partition coefficient (Wildman–Crippen LogP) is 0.00410. The van der Waals surface area contributed by atoms with Crippen molar-refractivity contribution in [3.8, 4) is 0 Å². The molecule has 0 radical (unpaired) electrons. The molecule has 7 heteroatoms. The zero-order valence-electron chi connectivity index (χ0n) is 11.0. The number of hydrogen-bond acceptors (Lipinski definition) is 3. The highest BCUT2D eigenvalue weighted by Gasteiger charge is 2.21. The van der Waals surface area contributed by atoms with E-state index in [9.17, 15) is 14.4 Å². The van der Waals surface area contributed by atoms with Crippen molar-refractivity contribution in [2.45, 2.75) is 27.2 Å². The Morgan fingerprint density at radius 1 is 1.28 bits per heavy atom. The van der Waals surface area contributed by atoms with Crippen LogP contribution in [-0.4, -0.2) is 47.5 Å². The van der Waals surface area contributed by atoms with Crippen molar-refractivity contribution in [1.82, 2.24) is 10.2 Å². The Kier molecular flexibility index (Phi) is 6.15. The first-order valence-corrected chi connectivity index (χ1v) is 5.71. The minimum Gasteiger partial charge on any atom is -0.480 e. The molecule has 0 saturated heterocycles. The van der Waals surface area contributed by atoms with Crippen molar-refractivity contribution in [3.05, 3.63) is 0 Å². The zero-order valence-corrected chi connectivity index (χ0v) is 11.0. The summed E-state index contributed by atoms with van der Waals surface area (Å²) in [6.45, 7) is 5.37. The lowest BCUT2D eigenvalue weighted by molar-refractivity contribution is -0.137. The van der Waals surface area contributed by atoms with E-state index in [0.717, 1.165) is 11.3 Å². The quantitative estimate of drug-likeness (QED) is 0.597. The second-order valence-electron chi connectivity index (χ2n) is 4.89. The molecule has 0 aromatic carbocycles. The van der Waals surface area contributed by atoms with Gasteiger partial charge in [0.1, 0.15) is 13.1 Å². The van der Waals surface area contributed by atoms with Crippen LogP contribution < -0.4 is 11.1 Å². The Hall–Kier alpha value is -1.79. The smallest absolute Gasteiger partial charge is 0.323 e. The van der Waals surface area contributed by atoms with Crippen molar-refractivity contribution in [1.29, 1.82) is 0 Å². The van der Waals surface area contributed by atoms with Crippen LogP contribution in [0.1, 0.15) is 27.2 Å². The van der Waals surface area contributed by atoms with E-state index in [2.05, 4.69) is 5.32 Å². The second kappa shape index (κ2) is 6.83. The SMILES string of the molecule is CCC(C)(C)CNC(=O)N(CC(N)=O)CC(=O)O. The molecule has 0 bridgehead atoms. The van der Waals surface area contributed by atoms with Gasteiger partial charge in [0.2, 0.25) is 5.91 Å². The molecule has 3 amide bonds. The minimum atomic E-state index is -1.19. The van der Waals surface area contributed by atoms with Gasteiger partial charge in [-0.15, -0.1) is 0 Å². The average Bonchev–Trinajstić information content (AvgIpc) is 2.24. The van der Waals surface area contributed by atoms with Crippen LogP contribution in [0.2, 0.25) is 0 Å². The molecule has 0 heterocycles. The Morgan fingerprint density at radius 2 is 1.83 bits per heavy atom. The molecule has 0 aromatic heterocycles. The number of primary amides is 1. The van der Waals surface area contributed by atoms with Crippen LogP contribution in [0.4, 0.5) is 4.79 Å². The van der Waals surface area contributed by atoms with Crippen molar-refractivity contribution in [2.24, 2.45) is 11.1 Å². The molecular weight excluding hydrogens is 238 g/mol. The number of carbonyl (C=O) groups excluding carboxylic acids is 2. The second-order valence-corrected chi connectivity index (χ2v) is 4.89. The molecule has 4 N–H and O–H groups in total. The van der Waals surface area contributed by atoms with E-state index in [1.165, 1.54) is 0 Å². The number of urea groups is 1. The van der Waals surface area contributed by atoms with Crippen LogP contribution in [-0.2, 0) is 9.59 Å². The summed E-state index contributed by atoms with van der Waals surface area (Å²) >= 11 is 0. The first-order chi connectivity index (χ1) is 8.18. The first-order valence-electron chi connectivity index (χ1n) is 5.71. The molecule has 0 rings (SSSR count). The van der Waals surface area contributed by atoms with Gasteiger partial charge in [0.05, 0.1) is 0 Å². The number of carboxylic acid groups (broad SMARTS) is 1. The Bertz CT molecular complexity index is 312. The Labute approximate surface area is 106 Å². The fraction of sp³-hybridized carbons (Fsp3) is 0.727. The third-order valence-corrected chi connectivity index (χ3v) is 2.64. The number of carbonyl (C=O) groups is 3. The molecule has 18 heavy (non-hydrogen) atoms. The predicted molar refractivity (Wildman–Crippen MR) is 65.9 cm³/mol. The number of nitrogens with one attached hydrogen (secondary N) is 1. The van der Waals surface area contributed by atoms with Gasteiger partial charge in [-0.2, -0.15) is 0 Å². The van der Waals surface area contributed by atoms with E-state index in [4.69, 9.17) is 10.8 Å². The van der Waals surface area contributed by atoms with Crippen molar-refractivity contribution in [3.63, 3.8) is 0 Å². The normalized spacial score (nSPS) is 10.8. The summed E-state index contributed by atoms with van der Waals surface area (Å²) in [4.78, 5) is 33.9. The zero-order chi connectivity index (χ0) is 14.3. The lowest BCUT2D eigenvalue weighted by Gasteiger charge is -2.26. The molecule has 7 nitrogen and oxygen atoms in total. The Balaban J connectivity index is 4.46. The number of carboxylic acids is 1. The maximum Gasteiger partial charge on any atom is 0.323 e. The summed E-state index contributed by atoms with van der Waals surface area (Å²) in [7, 11) is 0. The summed E-state index contributed by atoms with van der Waals surface area (Å²) in [6.07, 6.45) is 0.863. The van der Waals surface area contributed by atoms with E-state index in [0.29, 0.717) is 6.54 Å². The minimum absolute atomic E-state index is 0.0860. The largest absolute Gasteiger partial charge is 0.480 e. The highest BCUT2D eigenvalue weighted by molar-refractivity contribution is 5.85. The molecule has 0 unspecified atom stereocenters. The summed E-state index contributed by atoms with van der Waals surface area (Å²) < 4.78 is 0. The van der Waals surface area contributed by atoms with Crippen LogP contribution in [0.5, 0.6) is 0 Å². The standard InChI is InChI=1S/C11H21N3O4/c1-4-11(2,3)7-13-10(18)14(5-8(12)15)6-9(16)17/h4-7H2,1-3H3,(H2,12,15)(H,13,18)(H,16,17). The van der Waals surface area contributed by atoms with Gasteiger partial charge in [-0.1, -0.05) is 20.8 Å². The monoisotopic (exact) mass is 259 g/mol. The van der Waals surface area contributed by atoms with Gasteiger partial charge < -0.3 is 21.1 Å². The first kappa shape index (κ1) is 16.2. The summed E-state index contributed by atoms with van der Waals surface area (Å²) in [5.41, 5.74) is 4.88. The number of rotatable bonds is 7. The lowest BCUT2D eigenvalue weighted by atomic mass is 9.90. The van der Waals surface area contributed by atoms with E-state index < -0.39 is 31.0 Å². The summed E-state index contributed by atoms with van der Waals surface area (Å²) in [6, 6.07) is -0.599. The van der Waals surface area contributed by atoms with Crippen LogP contribution in [0, 0.1) is 5.41 Å². The molecule has 0 atom stereocenters. The highest BCUT2D eigenvalue weighted by atomic mass is 16.4. The third kappa shape index (κ3) is 6.72. The number of nitrogens with two attached hydrogens (primary N) is 1. The number of aliphatic carboxylic acids is 1. The van der Waals surface area contributed by atoms with Gasteiger partial charge in [0.25, 0.3) is 0 Å². The maximum absolute atomic E-state index is 11.7. The molecule has 0 aromatic rings. The van der Waals surface area contributed by atoms with Gasteiger partial charge in [0.15, 0.2) is 0 Å². The highest BCUT2D eigenvalue weighted by Crippen LogP contribution is 2.17. The molecule has 0 aliphatic heterocycles. The van der Waals surface area contributed by atoms with E-state index >= 15 is 0 Å². The van der Waals surface area contributed by atoms with Crippen molar-refractivity contribution >= 4 is 17.9 Å². The molecule has 0 fully saturated rings. The fourth-order valence-electron chi connectivity index (χ4n) is 1.10. The van der Waals surface area contributed by atoms with E-state index in [-0.39, 0.29) is 5.41 Å². The van der Waals surface area contributed by atoms with Crippen LogP contribution in [0.15, 0.2) is 0 Å². The molecule has 0 saturated carbocycles. The number of nitrogens with zero attached hydrogens (tertiary/aromatic N) is 1. The molecule has 104 valence electrons. The van der Waals surface area contributed by atoms with E-state index in [1.54, 1.807) is 0 Å². The molecular formula is C11H21N3O4. The van der Waals surface area contributed by atoms with Crippen LogP contribution >= 0.6 is 0 Å². The molecule has 0 aliphatic rings. The van der Waals surface area contributed by atoms with Crippen molar-refractivity contribution < 1.29 is 19.5 Å². The number of amides is 3. The van der Waals surface area contributed by atoms with E-state index in [1.807, 2.05) is 20.8 Å². The van der Waals surface area contributed by atoms with Gasteiger partial charge in [-0.05, 0) is 11.8 Å². The summed E-state index contributed by atoms with van der Waals surface area (Å²) in [5.74, 6) is -1.94. The van der Waals surface area contributed by atoms with Gasteiger partial charge in [-0.3, -0.25) is 9.59 Å². The maximum atomic E-state index is 11.7.